The first-order valence-electron chi connectivity index (χ1n) is 5.91. The molecule has 1 aliphatic rings. The van der Waals surface area contributed by atoms with Gasteiger partial charge in [-0.05, 0) is 30.9 Å². The summed E-state index contributed by atoms with van der Waals surface area (Å²) in [5, 5.41) is 0. The van der Waals surface area contributed by atoms with Crippen LogP contribution in [0, 0.1) is 0 Å². The van der Waals surface area contributed by atoms with E-state index in [1.54, 1.807) is 0 Å². The summed E-state index contributed by atoms with van der Waals surface area (Å²) < 4.78 is 0. The molecular weight excluding hydrogens is 222 g/mol. The fourth-order valence-corrected chi connectivity index (χ4v) is 2.27. The summed E-state index contributed by atoms with van der Waals surface area (Å²) in [4.78, 5) is 8.71. The van der Waals surface area contributed by atoms with Gasteiger partial charge >= 0.3 is 0 Å². The fourth-order valence-electron chi connectivity index (χ4n) is 2.27. The minimum Gasteiger partial charge on any atom is -0.330 e. The smallest absolute Gasteiger partial charge is 0.129 e. The molecule has 90 valence electrons. The molecule has 1 aliphatic carbocycles. The number of rotatable bonds is 3. The summed E-state index contributed by atoms with van der Waals surface area (Å²) in [5.74, 6) is 1.57. The van der Waals surface area contributed by atoms with Crippen LogP contribution in [0.5, 0.6) is 0 Å². The average Bonchev–Trinajstić information content (AvgIpc) is 2.32. The van der Waals surface area contributed by atoms with Gasteiger partial charge < -0.3 is 5.73 Å². The monoisotopic (exact) mass is 241 g/mol. The van der Waals surface area contributed by atoms with Crippen molar-refractivity contribution < 1.29 is 0 Å². The molecule has 16 heavy (non-hydrogen) atoms. The number of nitrogens with zero attached hydrogens (tertiary/aromatic N) is 2. The molecule has 0 bridgehead atoms. The molecule has 1 fully saturated rings. The standard InChI is InChI=1S/C12H19N3.ClH/c13-7-6-12-14-8-11(9-15-12)10-4-2-1-3-5-10;/h8-10H,1-7,13H2;1H. The molecule has 1 aromatic heterocycles. The molecule has 3 nitrogen and oxygen atoms in total. The summed E-state index contributed by atoms with van der Waals surface area (Å²) in [7, 11) is 0. The van der Waals surface area contributed by atoms with Crippen LogP contribution in [-0.2, 0) is 6.42 Å². The van der Waals surface area contributed by atoms with Crippen LogP contribution in [0.4, 0.5) is 0 Å². The van der Waals surface area contributed by atoms with E-state index in [1.165, 1.54) is 37.7 Å². The van der Waals surface area contributed by atoms with Crippen LogP contribution in [0.1, 0.15) is 49.4 Å². The number of hydrogen-bond donors (Lipinski definition) is 1. The van der Waals surface area contributed by atoms with Crippen LogP contribution in [0.15, 0.2) is 12.4 Å². The fraction of sp³-hybridized carbons (Fsp3) is 0.667. The van der Waals surface area contributed by atoms with Crippen molar-refractivity contribution >= 4 is 12.4 Å². The van der Waals surface area contributed by atoms with Gasteiger partial charge in [-0.2, -0.15) is 0 Å². The van der Waals surface area contributed by atoms with Crippen molar-refractivity contribution in [3.8, 4) is 0 Å². The first-order valence-corrected chi connectivity index (χ1v) is 5.91. The highest BCUT2D eigenvalue weighted by Gasteiger charge is 2.15. The zero-order chi connectivity index (χ0) is 10.5. The minimum absolute atomic E-state index is 0. The Morgan fingerprint density at radius 3 is 2.31 bits per heavy atom. The van der Waals surface area contributed by atoms with Crippen molar-refractivity contribution in [2.75, 3.05) is 6.54 Å². The quantitative estimate of drug-likeness (QED) is 0.885. The minimum atomic E-state index is 0. The molecule has 4 heteroatoms. The van der Waals surface area contributed by atoms with Crippen LogP contribution in [-0.4, -0.2) is 16.5 Å². The Bertz CT molecular complexity index is 294. The van der Waals surface area contributed by atoms with Crippen LogP contribution < -0.4 is 5.73 Å². The van der Waals surface area contributed by atoms with Crippen molar-refractivity contribution in [1.29, 1.82) is 0 Å². The molecular formula is C12H20ClN3. The Morgan fingerprint density at radius 1 is 1.12 bits per heavy atom. The summed E-state index contributed by atoms with van der Waals surface area (Å²) in [6.45, 7) is 0.628. The van der Waals surface area contributed by atoms with Gasteiger partial charge in [-0.3, -0.25) is 0 Å². The molecule has 1 saturated carbocycles. The Kier molecular flexibility index (Phi) is 5.71. The largest absolute Gasteiger partial charge is 0.330 e. The van der Waals surface area contributed by atoms with E-state index in [0.717, 1.165) is 12.2 Å². The second kappa shape index (κ2) is 6.81. The van der Waals surface area contributed by atoms with Crippen molar-refractivity contribution in [2.45, 2.75) is 44.4 Å². The maximum atomic E-state index is 5.46. The van der Waals surface area contributed by atoms with Crippen molar-refractivity contribution in [3.05, 3.63) is 23.8 Å². The molecule has 0 unspecified atom stereocenters. The van der Waals surface area contributed by atoms with Gasteiger partial charge in [0.2, 0.25) is 0 Å². The van der Waals surface area contributed by atoms with Crippen LogP contribution in [0.25, 0.3) is 0 Å². The highest BCUT2D eigenvalue weighted by atomic mass is 35.5. The molecule has 0 radical (unpaired) electrons. The second-order valence-corrected chi connectivity index (χ2v) is 4.31. The van der Waals surface area contributed by atoms with E-state index in [4.69, 9.17) is 5.73 Å². The summed E-state index contributed by atoms with van der Waals surface area (Å²) in [5.41, 5.74) is 6.78. The van der Waals surface area contributed by atoms with E-state index >= 15 is 0 Å². The molecule has 2 rings (SSSR count). The normalized spacial score (nSPS) is 16.8. The van der Waals surface area contributed by atoms with E-state index in [2.05, 4.69) is 9.97 Å². The van der Waals surface area contributed by atoms with Gasteiger partial charge in [0.1, 0.15) is 5.82 Å². The predicted octanol–water partition coefficient (Wildman–Crippen LogP) is 2.45. The molecule has 0 aromatic carbocycles. The molecule has 1 aromatic rings. The molecule has 2 N–H and O–H groups in total. The topological polar surface area (TPSA) is 51.8 Å². The molecule has 0 amide bonds. The Balaban J connectivity index is 0.00000128. The molecule has 0 spiro atoms. The summed E-state index contributed by atoms with van der Waals surface area (Å²) >= 11 is 0. The van der Waals surface area contributed by atoms with E-state index in [1.807, 2.05) is 12.4 Å². The van der Waals surface area contributed by atoms with Gasteiger partial charge in [0.15, 0.2) is 0 Å². The van der Waals surface area contributed by atoms with E-state index in [-0.39, 0.29) is 12.4 Å². The predicted molar refractivity (Wildman–Crippen MR) is 67.9 cm³/mol. The number of hydrogen-bond acceptors (Lipinski definition) is 3. The summed E-state index contributed by atoms with van der Waals surface area (Å²) in [6, 6.07) is 0. The highest BCUT2D eigenvalue weighted by molar-refractivity contribution is 5.85. The van der Waals surface area contributed by atoms with Crippen LogP contribution >= 0.6 is 12.4 Å². The van der Waals surface area contributed by atoms with Gasteiger partial charge in [-0.15, -0.1) is 12.4 Å². The van der Waals surface area contributed by atoms with Crippen molar-refractivity contribution in [2.24, 2.45) is 5.73 Å². The lowest BCUT2D eigenvalue weighted by molar-refractivity contribution is 0.441. The Hall–Kier alpha value is -0.670. The molecule has 0 atom stereocenters. The SMILES string of the molecule is Cl.NCCc1ncc(C2CCCCC2)cn1. The van der Waals surface area contributed by atoms with Crippen molar-refractivity contribution in [3.63, 3.8) is 0 Å². The second-order valence-electron chi connectivity index (χ2n) is 4.31. The van der Waals surface area contributed by atoms with E-state index < -0.39 is 0 Å². The lowest BCUT2D eigenvalue weighted by Gasteiger charge is -2.21. The lowest BCUT2D eigenvalue weighted by atomic mass is 9.85. The van der Waals surface area contributed by atoms with Crippen LogP contribution in [0.3, 0.4) is 0 Å². The van der Waals surface area contributed by atoms with Gasteiger partial charge in [-0.25, -0.2) is 9.97 Å². The summed E-state index contributed by atoms with van der Waals surface area (Å²) in [6.07, 6.45) is 11.5. The van der Waals surface area contributed by atoms with Crippen LogP contribution in [0.2, 0.25) is 0 Å². The van der Waals surface area contributed by atoms with Gasteiger partial charge in [0, 0.05) is 18.8 Å². The first kappa shape index (κ1) is 13.4. The van der Waals surface area contributed by atoms with Gasteiger partial charge in [-0.1, -0.05) is 19.3 Å². The van der Waals surface area contributed by atoms with Gasteiger partial charge in [0.25, 0.3) is 0 Å². The number of aromatic nitrogens is 2. The highest BCUT2D eigenvalue weighted by Crippen LogP contribution is 2.31. The number of halogens is 1. The molecule has 0 aliphatic heterocycles. The number of nitrogens with two attached hydrogens (primary N) is 1. The average molecular weight is 242 g/mol. The zero-order valence-corrected chi connectivity index (χ0v) is 10.4. The third-order valence-electron chi connectivity index (χ3n) is 3.17. The maximum absolute atomic E-state index is 5.46. The van der Waals surface area contributed by atoms with Crippen molar-refractivity contribution in [1.82, 2.24) is 9.97 Å². The first-order chi connectivity index (χ1) is 7.40. The Morgan fingerprint density at radius 2 is 1.75 bits per heavy atom. The lowest BCUT2D eigenvalue weighted by Crippen LogP contribution is -2.09. The van der Waals surface area contributed by atoms with E-state index in [9.17, 15) is 0 Å². The Labute approximate surface area is 103 Å². The molecule has 1 heterocycles. The molecule has 0 saturated heterocycles. The third kappa shape index (κ3) is 3.42. The third-order valence-corrected chi connectivity index (χ3v) is 3.17. The zero-order valence-electron chi connectivity index (χ0n) is 9.56. The van der Waals surface area contributed by atoms with E-state index in [0.29, 0.717) is 12.5 Å². The van der Waals surface area contributed by atoms with Gasteiger partial charge in [0.05, 0.1) is 0 Å². The maximum Gasteiger partial charge on any atom is 0.129 e.